The number of nitrogens with zero attached hydrogens (tertiary/aromatic N) is 6. The molecule has 1 aliphatic heterocycles. The number of aromatic nitrogens is 5. The molecule has 0 unspecified atom stereocenters. The maximum atomic E-state index is 15.2. The number of hydrogen-bond acceptors (Lipinski definition) is 6. The van der Waals surface area contributed by atoms with Crippen molar-refractivity contribution in [1.29, 1.82) is 0 Å². The summed E-state index contributed by atoms with van der Waals surface area (Å²) in [6.45, 7) is 5.70. The second kappa shape index (κ2) is 8.16. The third kappa shape index (κ3) is 4.78. The van der Waals surface area contributed by atoms with Gasteiger partial charge in [-0.05, 0) is 39.7 Å². The van der Waals surface area contributed by atoms with Gasteiger partial charge in [-0.25, -0.2) is 18.7 Å². The Bertz CT molecular complexity index is 1070. The minimum Gasteiger partial charge on any atom is -0.470 e. The molecule has 1 fully saturated rings. The molecule has 1 aliphatic rings. The highest BCUT2D eigenvalue weighted by Gasteiger charge is 2.33. The van der Waals surface area contributed by atoms with E-state index in [9.17, 15) is 4.79 Å². The van der Waals surface area contributed by atoms with Crippen LogP contribution in [0, 0.1) is 0 Å². The zero-order chi connectivity index (χ0) is 22.2. The summed E-state index contributed by atoms with van der Waals surface area (Å²) in [6, 6.07) is 1.77. The maximum Gasteiger partial charge on any atom is 0.410 e. The lowest BCUT2D eigenvalue weighted by Gasteiger charge is -2.27. The molecule has 1 amide bonds. The van der Waals surface area contributed by atoms with E-state index < -0.39 is 24.0 Å². The molecule has 1 saturated heterocycles. The van der Waals surface area contributed by atoms with Crippen LogP contribution in [0.15, 0.2) is 30.9 Å². The van der Waals surface area contributed by atoms with Gasteiger partial charge in [0.2, 0.25) is 5.88 Å². The van der Waals surface area contributed by atoms with E-state index in [1.54, 1.807) is 54.6 Å². The predicted octanol–water partition coefficient (Wildman–Crippen LogP) is 3.25. The highest BCUT2D eigenvalue weighted by atomic mass is 19.1. The van der Waals surface area contributed by atoms with E-state index >= 15 is 4.39 Å². The first-order valence-corrected chi connectivity index (χ1v) is 10.3. The van der Waals surface area contributed by atoms with Crippen LogP contribution in [-0.4, -0.2) is 66.3 Å². The van der Waals surface area contributed by atoms with E-state index in [1.165, 1.54) is 4.90 Å². The molecular formula is C21H27FN6O3. The van der Waals surface area contributed by atoms with Crippen molar-refractivity contribution in [2.24, 2.45) is 7.05 Å². The SMILES string of the molecule is Cn1cc(-c2cn3nccc3c(O[C@H]3CCCN(C(=O)OC(C)(C)C)C[C@H]3F)n2)cn1. The molecular weight excluding hydrogens is 403 g/mol. The van der Waals surface area contributed by atoms with Crippen LogP contribution in [0.1, 0.15) is 33.6 Å². The lowest BCUT2D eigenvalue weighted by molar-refractivity contribution is 0.0178. The first kappa shape index (κ1) is 21.1. The minimum atomic E-state index is -1.37. The summed E-state index contributed by atoms with van der Waals surface area (Å²) in [5.74, 6) is 0.303. The fourth-order valence-corrected chi connectivity index (χ4v) is 3.53. The summed E-state index contributed by atoms with van der Waals surface area (Å²) < 4.78 is 29.9. The van der Waals surface area contributed by atoms with Crippen LogP contribution in [0.25, 0.3) is 16.8 Å². The van der Waals surface area contributed by atoms with Gasteiger partial charge in [0.1, 0.15) is 17.2 Å². The van der Waals surface area contributed by atoms with Crippen molar-refractivity contribution in [3.05, 3.63) is 30.9 Å². The van der Waals surface area contributed by atoms with E-state index in [1.807, 2.05) is 13.2 Å². The van der Waals surface area contributed by atoms with E-state index in [-0.39, 0.29) is 6.54 Å². The molecule has 3 aromatic rings. The standard InChI is InChI=1S/C21H27FN6O3/c1-21(2,3)31-20(29)27-9-5-6-18(15(22)12-27)30-19-17-7-8-23-28(17)13-16(25-19)14-10-24-26(4)11-14/h7-8,10-11,13,15,18H,5-6,9,12H2,1-4H3/t15-,18+/m1/s1. The van der Waals surface area contributed by atoms with Crippen LogP contribution in [-0.2, 0) is 11.8 Å². The quantitative estimate of drug-likeness (QED) is 0.634. The molecule has 166 valence electrons. The largest absolute Gasteiger partial charge is 0.470 e. The third-order valence-corrected chi connectivity index (χ3v) is 4.99. The molecule has 0 spiro atoms. The Morgan fingerprint density at radius 2 is 2.06 bits per heavy atom. The average Bonchev–Trinajstić information content (AvgIpc) is 3.29. The number of rotatable bonds is 3. The molecule has 9 nitrogen and oxygen atoms in total. The molecule has 31 heavy (non-hydrogen) atoms. The molecule has 3 aromatic heterocycles. The Morgan fingerprint density at radius 1 is 1.26 bits per heavy atom. The smallest absolute Gasteiger partial charge is 0.410 e. The van der Waals surface area contributed by atoms with Crippen molar-refractivity contribution in [1.82, 2.24) is 29.3 Å². The predicted molar refractivity (Wildman–Crippen MR) is 112 cm³/mol. The molecule has 0 saturated carbocycles. The highest BCUT2D eigenvalue weighted by Crippen LogP contribution is 2.27. The van der Waals surface area contributed by atoms with Crippen molar-refractivity contribution in [3.8, 4) is 17.1 Å². The van der Waals surface area contributed by atoms with Gasteiger partial charge < -0.3 is 14.4 Å². The van der Waals surface area contributed by atoms with Gasteiger partial charge in [0.05, 0.1) is 30.8 Å². The fourth-order valence-electron chi connectivity index (χ4n) is 3.53. The number of ether oxygens (including phenoxy) is 2. The molecule has 4 rings (SSSR count). The summed E-state index contributed by atoms with van der Waals surface area (Å²) in [5, 5.41) is 8.46. The van der Waals surface area contributed by atoms with Gasteiger partial charge in [0, 0.05) is 25.4 Å². The van der Waals surface area contributed by atoms with Crippen molar-refractivity contribution < 1.29 is 18.7 Å². The number of likely N-dealkylation sites (tertiary alicyclic amines) is 1. The lowest BCUT2D eigenvalue weighted by atomic mass is 10.1. The normalized spacial score (nSPS) is 20.0. The zero-order valence-electron chi connectivity index (χ0n) is 18.2. The topological polar surface area (TPSA) is 86.8 Å². The number of amides is 1. The van der Waals surface area contributed by atoms with Crippen LogP contribution < -0.4 is 4.74 Å². The van der Waals surface area contributed by atoms with Crippen molar-refractivity contribution in [2.75, 3.05) is 13.1 Å². The monoisotopic (exact) mass is 430 g/mol. The summed E-state index contributed by atoms with van der Waals surface area (Å²) in [7, 11) is 1.82. The second-order valence-corrected chi connectivity index (χ2v) is 8.74. The van der Waals surface area contributed by atoms with Gasteiger partial charge in [-0.3, -0.25) is 4.68 Å². The Labute approximate surface area is 179 Å². The Kier molecular flexibility index (Phi) is 5.55. The Balaban J connectivity index is 1.55. The summed E-state index contributed by atoms with van der Waals surface area (Å²) in [4.78, 5) is 18.4. The number of aryl methyl sites for hydroxylation is 1. The molecule has 0 bridgehead atoms. The van der Waals surface area contributed by atoms with Gasteiger partial charge in [0.25, 0.3) is 0 Å². The summed E-state index contributed by atoms with van der Waals surface area (Å²) in [6.07, 6.45) is 5.40. The van der Waals surface area contributed by atoms with Crippen molar-refractivity contribution in [2.45, 2.75) is 51.5 Å². The Morgan fingerprint density at radius 3 is 2.77 bits per heavy atom. The highest BCUT2D eigenvalue weighted by molar-refractivity contribution is 5.68. The minimum absolute atomic E-state index is 0.0859. The van der Waals surface area contributed by atoms with Gasteiger partial charge in [-0.1, -0.05) is 0 Å². The third-order valence-electron chi connectivity index (χ3n) is 4.99. The van der Waals surface area contributed by atoms with E-state index in [4.69, 9.17) is 9.47 Å². The number of halogens is 1. The van der Waals surface area contributed by atoms with Gasteiger partial charge in [-0.15, -0.1) is 0 Å². The average molecular weight is 430 g/mol. The van der Waals surface area contributed by atoms with Crippen molar-refractivity contribution >= 4 is 11.6 Å². The summed E-state index contributed by atoms with van der Waals surface area (Å²) in [5.41, 5.74) is 1.44. The molecule has 10 heteroatoms. The van der Waals surface area contributed by atoms with Gasteiger partial charge >= 0.3 is 6.09 Å². The molecule has 0 aromatic carbocycles. The molecule has 0 aliphatic carbocycles. The molecule has 4 heterocycles. The van der Waals surface area contributed by atoms with E-state index in [0.29, 0.717) is 36.5 Å². The number of hydrogen-bond donors (Lipinski definition) is 0. The number of carbonyl (C=O) groups excluding carboxylic acids is 1. The molecule has 2 atom stereocenters. The first-order chi connectivity index (χ1) is 14.7. The second-order valence-electron chi connectivity index (χ2n) is 8.74. The molecule has 0 radical (unpaired) electrons. The fraction of sp³-hybridized carbons (Fsp3) is 0.524. The number of carbonyl (C=O) groups is 1. The summed E-state index contributed by atoms with van der Waals surface area (Å²) >= 11 is 0. The van der Waals surface area contributed by atoms with Crippen LogP contribution in [0.5, 0.6) is 5.88 Å². The number of fused-ring (bicyclic) bond motifs is 1. The van der Waals surface area contributed by atoms with E-state index in [0.717, 1.165) is 5.56 Å². The molecule has 0 N–H and O–H groups in total. The zero-order valence-corrected chi connectivity index (χ0v) is 18.2. The van der Waals surface area contributed by atoms with E-state index in [2.05, 4.69) is 15.2 Å². The Hall–Kier alpha value is -3.17. The number of alkyl halides is 1. The van der Waals surface area contributed by atoms with Gasteiger partial charge in [-0.2, -0.15) is 10.2 Å². The van der Waals surface area contributed by atoms with Crippen LogP contribution in [0.2, 0.25) is 0 Å². The maximum absolute atomic E-state index is 15.2. The van der Waals surface area contributed by atoms with Crippen LogP contribution in [0.4, 0.5) is 9.18 Å². The lowest BCUT2D eigenvalue weighted by Crippen LogP contribution is -2.42. The van der Waals surface area contributed by atoms with Crippen molar-refractivity contribution in [3.63, 3.8) is 0 Å². The first-order valence-electron chi connectivity index (χ1n) is 10.3. The van der Waals surface area contributed by atoms with Crippen LogP contribution >= 0.6 is 0 Å². The van der Waals surface area contributed by atoms with Gasteiger partial charge in [0.15, 0.2) is 6.17 Å². The van der Waals surface area contributed by atoms with Crippen LogP contribution in [0.3, 0.4) is 0 Å².